The van der Waals surface area contributed by atoms with Gasteiger partial charge in [0.25, 0.3) is 0 Å². The van der Waals surface area contributed by atoms with Crippen molar-refractivity contribution in [2.24, 2.45) is 0 Å². The van der Waals surface area contributed by atoms with Crippen LogP contribution in [0, 0.1) is 0 Å². The van der Waals surface area contributed by atoms with Crippen molar-refractivity contribution in [3.05, 3.63) is 30.9 Å². The van der Waals surface area contributed by atoms with E-state index in [-0.39, 0.29) is 0 Å². The summed E-state index contributed by atoms with van der Waals surface area (Å²) in [5, 5.41) is 6.30. The number of H-pyrrole nitrogens is 1. The van der Waals surface area contributed by atoms with Gasteiger partial charge in [0.1, 0.15) is 18.0 Å². The highest BCUT2D eigenvalue weighted by atomic mass is 32.1. The lowest BCUT2D eigenvalue weighted by Gasteiger charge is -2.06. The van der Waals surface area contributed by atoms with Crippen LogP contribution in [0.15, 0.2) is 30.9 Å². The smallest absolute Gasteiger partial charge is 0.135 e. The van der Waals surface area contributed by atoms with E-state index in [1.165, 1.54) is 6.33 Å². The molecule has 5 nitrogen and oxygen atoms in total. The molecule has 2 heterocycles. The SMILES string of the molecule is SCCNc1cc(Nc2cc[nH]c2)ncn1. The highest BCUT2D eigenvalue weighted by molar-refractivity contribution is 7.80. The normalized spacial score (nSPS) is 10.1. The largest absolute Gasteiger partial charge is 0.369 e. The van der Waals surface area contributed by atoms with Crippen molar-refractivity contribution in [2.45, 2.75) is 0 Å². The molecule has 0 bridgehead atoms. The van der Waals surface area contributed by atoms with Gasteiger partial charge in [-0.05, 0) is 6.07 Å². The van der Waals surface area contributed by atoms with E-state index in [1.54, 1.807) is 0 Å². The lowest BCUT2D eigenvalue weighted by atomic mass is 10.4. The molecule has 0 aliphatic rings. The molecule has 2 aromatic rings. The Morgan fingerprint density at radius 3 is 2.94 bits per heavy atom. The Hall–Kier alpha value is -1.69. The van der Waals surface area contributed by atoms with Gasteiger partial charge in [0.15, 0.2) is 0 Å². The van der Waals surface area contributed by atoms with Gasteiger partial charge in [-0.25, -0.2) is 9.97 Å². The number of nitrogens with zero attached hydrogens (tertiary/aromatic N) is 2. The Bertz CT molecular complexity index is 429. The zero-order valence-electron chi connectivity index (χ0n) is 8.64. The first-order valence-corrected chi connectivity index (χ1v) is 5.58. The second-order valence-corrected chi connectivity index (χ2v) is 3.61. The average molecular weight is 235 g/mol. The minimum Gasteiger partial charge on any atom is -0.369 e. The van der Waals surface area contributed by atoms with Crippen LogP contribution in [0.5, 0.6) is 0 Å². The van der Waals surface area contributed by atoms with Gasteiger partial charge in [-0.1, -0.05) is 0 Å². The summed E-state index contributed by atoms with van der Waals surface area (Å²) in [6, 6.07) is 3.79. The Morgan fingerprint density at radius 2 is 2.19 bits per heavy atom. The molecule has 84 valence electrons. The first-order valence-electron chi connectivity index (χ1n) is 4.95. The van der Waals surface area contributed by atoms with Crippen LogP contribution in [0.4, 0.5) is 17.3 Å². The molecule has 0 saturated heterocycles. The molecule has 0 aliphatic carbocycles. The van der Waals surface area contributed by atoms with Gasteiger partial charge in [-0.15, -0.1) is 0 Å². The minimum absolute atomic E-state index is 0.760. The highest BCUT2D eigenvalue weighted by Gasteiger charge is 1.98. The van der Waals surface area contributed by atoms with E-state index in [4.69, 9.17) is 0 Å². The van der Waals surface area contributed by atoms with Gasteiger partial charge in [0.2, 0.25) is 0 Å². The second kappa shape index (κ2) is 5.41. The van der Waals surface area contributed by atoms with Crippen molar-refractivity contribution in [3.63, 3.8) is 0 Å². The van der Waals surface area contributed by atoms with Crippen LogP contribution in [0.3, 0.4) is 0 Å². The van der Waals surface area contributed by atoms with Crippen LogP contribution in [0.2, 0.25) is 0 Å². The number of aromatic amines is 1. The molecule has 0 aromatic carbocycles. The van der Waals surface area contributed by atoms with Gasteiger partial charge in [-0.3, -0.25) is 0 Å². The van der Waals surface area contributed by atoms with Gasteiger partial charge >= 0.3 is 0 Å². The molecular weight excluding hydrogens is 222 g/mol. The molecule has 2 rings (SSSR count). The fraction of sp³-hybridized carbons (Fsp3) is 0.200. The third kappa shape index (κ3) is 2.90. The lowest BCUT2D eigenvalue weighted by Crippen LogP contribution is -2.05. The van der Waals surface area contributed by atoms with Crippen molar-refractivity contribution in [1.82, 2.24) is 15.0 Å². The first kappa shape index (κ1) is 10.8. The van der Waals surface area contributed by atoms with Crippen LogP contribution in [0.25, 0.3) is 0 Å². The summed E-state index contributed by atoms with van der Waals surface area (Å²) in [5.41, 5.74) is 0.971. The predicted octanol–water partition coefficient (Wildman–Crippen LogP) is 1.89. The van der Waals surface area contributed by atoms with E-state index in [1.807, 2.05) is 24.5 Å². The molecule has 0 amide bonds. The molecule has 16 heavy (non-hydrogen) atoms. The number of nitrogens with one attached hydrogen (secondary N) is 3. The zero-order chi connectivity index (χ0) is 11.2. The highest BCUT2D eigenvalue weighted by Crippen LogP contribution is 2.14. The molecule has 3 N–H and O–H groups in total. The van der Waals surface area contributed by atoms with Gasteiger partial charge in [0, 0.05) is 30.8 Å². The summed E-state index contributed by atoms with van der Waals surface area (Å²) in [6.07, 6.45) is 5.24. The van der Waals surface area contributed by atoms with Crippen LogP contribution < -0.4 is 10.6 Å². The van der Waals surface area contributed by atoms with Crippen LogP contribution >= 0.6 is 12.6 Å². The Kier molecular flexibility index (Phi) is 3.66. The summed E-state index contributed by atoms with van der Waals surface area (Å²) < 4.78 is 0. The Balaban J connectivity index is 2.04. The van der Waals surface area contributed by atoms with E-state index in [0.29, 0.717) is 0 Å². The fourth-order valence-corrected chi connectivity index (χ4v) is 1.37. The maximum absolute atomic E-state index is 4.13. The maximum Gasteiger partial charge on any atom is 0.135 e. The van der Waals surface area contributed by atoms with Crippen molar-refractivity contribution < 1.29 is 0 Å². The maximum atomic E-state index is 4.13. The van der Waals surface area contributed by atoms with Crippen LogP contribution in [-0.4, -0.2) is 27.2 Å². The summed E-state index contributed by atoms with van der Waals surface area (Å²) in [4.78, 5) is 11.2. The van der Waals surface area contributed by atoms with E-state index in [0.717, 1.165) is 29.6 Å². The van der Waals surface area contributed by atoms with Gasteiger partial charge in [-0.2, -0.15) is 12.6 Å². The molecule has 0 saturated carbocycles. The summed E-state index contributed by atoms with van der Waals surface area (Å²) in [5.74, 6) is 2.32. The number of hydrogen-bond acceptors (Lipinski definition) is 5. The topological polar surface area (TPSA) is 65.6 Å². The van der Waals surface area contributed by atoms with Crippen molar-refractivity contribution in [1.29, 1.82) is 0 Å². The van der Waals surface area contributed by atoms with E-state index < -0.39 is 0 Å². The minimum atomic E-state index is 0.760. The molecule has 6 heteroatoms. The number of anilines is 3. The third-order valence-corrected chi connectivity index (χ3v) is 2.18. The number of hydrogen-bond donors (Lipinski definition) is 4. The van der Waals surface area contributed by atoms with E-state index >= 15 is 0 Å². The lowest BCUT2D eigenvalue weighted by molar-refractivity contribution is 1.12. The summed E-state index contributed by atoms with van der Waals surface area (Å²) in [6.45, 7) is 0.781. The Labute approximate surface area is 99.1 Å². The molecule has 0 atom stereocenters. The predicted molar refractivity (Wildman–Crippen MR) is 68.5 cm³/mol. The molecule has 2 aromatic heterocycles. The van der Waals surface area contributed by atoms with E-state index in [9.17, 15) is 0 Å². The molecular formula is C10H13N5S. The molecule has 0 aliphatic heterocycles. The van der Waals surface area contributed by atoms with Crippen LogP contribution in [-0.2, 0) is 0 Å². The second-order valence-electron chi connectivity index (χ2n) is 3.16. The first-order chi connectivity index (χ1) is 7.88. The third-order valence-electron chi connectivity index (χ3n) is 1.96. The van der Waals surface area contributed by atoms with Gasteiger partial charge < -0.3 is 15.6 Å². The van der Waals surface area contributed by atoms with E-state index in [2.05, 4.69) is 38.2 Å². The zero-order valence-corrected chi connectivity index (χ0v) is 9.54. The molecule has 0 spiro atoms. The van der Waals surface area contributed by atoms with Crippen molar-refractivity contribution in [2.75, 3.05) is 22.9 Å². The Morgan fingerprint density at radius 1 is 1.31 bits per heavy atom. The molecule has 0 radical (unpaired) electrons. The number of aromatic nitrogens is 3. The molecule has 0 fully saturated rings. The average Bonchev–Trinajstić information content (AvgIpc) is 2.80. The summed E-state index contributed by atoms with van der Waals surface area (Å²) >= 11 is 4.12. The monoisotopic (exact) mass is 235 g/mol. The summed E-state index contributed by atoms with van der Waals surface area (Å²) in [7, 11) is 0. The number of thiol groups is 1. The van der Waals surface area contributed by atoms with Gasteiger partial charge in [0.05, 0.1) is 5.69 Å². The van der Waals surface area contributed by atoms with Crippen molar-refractivity contribution in [3.8, 4) is 0 Å². The molecule has 0 unspecified atom stereocenters. The van der Waals surface area contributed by atoms with Crippen LogP contribution in [0.1, 0.15) is 0 Å². The quantitative estimate of drug-likeness (QED) is 0.598. The fourth-order valence-electron chi connectivity index (χ4n) is 1.26. The van der Waals surface area contributed by atoms with Crippen molar-refractivity contribution >= 4 is 30.0 Å². The standard InChI is InChI=1S/C10H13N5S/c16-4-3-12-9-5-10(14-7-13-9)15-8-1-2-11-6-8/h1-2,5-7,11,16H,3-4H2,(H2,12,13,14,15). The number of rotatable bonds is 5.